The van der Waals surface area contributed by atoms with Crippen molar-refractivity contribution >= 4 is 5.69 Å². The fourth-order valence-corrected chi connectivity index (χ4v) is 2.44. The third-order valence-electron chi connectivity index (χ3n) is 3.53. The van der Waals surface area contributed by atoms with Crippen LogP contribution in [0.4, 0.5) is 10.1 Å². The van der Waals surface area contributed by atoms with Gasteiger partial charge in [-0.1, -0.05) is 19.4 Å². The third-order valence-corrected chi connectivity index (χ3v) is 3.53. The van der Waals surface area contributed by atoms with Gasteiger partial charge in [0.25, 0.3) is 0 Å². The molecule has 100 valence electrons. The van der Waals surface area contributed by atoms with Crippen LogP contribution >= 0.6 is 0 Å². The number of halogens is 1. The Kier molecular flexibility index (Phi) is 4.23. The van der Waals surface area contributed by atoms with E-state index in [4.69, 9.17) is 5.73 Å². The van der Waals surface area contributed by atoms with Gasteiger partial charge < -0.3 is 10.6 Å². The maximum Gasteiger partial charge on any atom is 0.130 e. The first kappa shape index (κ1) is 13.3. The van der Waals surface area contributed by atoms with Crippen LogP contribution in [-0.2, 0) is 0 Å². The zero-order valence-electron chi connectivity index (χ0n) is 11.3. The minimum atomic E-state index is -0.260. The summed E-state index contributed by atoms with van der Waals surface area (Å²) in [5.41, 5.74) is 7.60. The predicted molar refractivity (Wildman–Crippen MR) is 74.3 cm³/mol. The first-order valence-corrected chi connectivity index (χ1v) is 6.95. The van der Waals surface area contributed by atoms with Gasteiger partial charge in [-0.3, -0.25) is 0 Å². The molecule has 1 saturated carbocycles. The quantitative estimate of drug-likeness (QED) is 0.835. The van der Waals surface area contributed by atoms with Gasteiger partial charge in [-0.15, -0.1) is 0 Å². The van der Waals surface area contributed by atoms with E-state index < -0.39 is 0 Å². The molecule has 0 unspecified atom stereocenters. The SMILES string of the molecule is CCCCN(c1cccc(F)c1[C@@H](C)N)C1CC1. The van der Waals surface area contributed by atoms with E-state index in [-0.39, 0.29) is 11.9 Å². The second-order valence-corrected chi connectivity index (χ2v) is 5.24. The fraction of sp³-hybridized carbons (Fsp3) is 0.600. The molecule has 0 bridgehead atoms. The molecule has 1 aromatic rings. The summed E-state index contributed by atoms with van der Waals surface area (Å²) in [5.74, 6) is -0.176. The van der Waals surface area contributed by atoms with Gasteiger partial charge in [-0.2, -0.15) is 0 Å². The minimum Gasteiger partial charge on any atom is -0.368 e. The number of nitrogens with two attached hydrogens (primary N) is 1. The Hall–Kier alpha value is -1.09. The number of benzene rings is 1. The Labute approximate surface area is 109 Å². The van der Waals surface area contributed by atoms with Crippen LogP contribution in [-0.4, -0.2) is 12.6 Å². The fourth-order valence-electron chi connectivity index (χ4n) is 2.44. The molecule has 0 radical (unpaired) electrons. The molecule has 0 aliphatic heterocycles. The van der Waals surface area contributed by atoms with Gasteiger partial charge in [-0.05, 0) is 38.3 Å². The lowest BCUT2D eigenvalue weighted by atomic mass is 10.0. The van der Waals surface area contributed by atoms with Crippen LogP contribution in [0.3, 0.4) is 0 Å². The van der Waals surface area contributed by atoms with Crippen molar-refractivity contribution in [2.45, 2.75) is 51.6 Å². The average Bonchev–Trinajstić information content (AvgIpc) is 3.13. The van der Waals surface area contributed by atoms with Crippen LogP contribution in [0.1, 0.15) is 51.1 Å². The summed E-state index contributed by atoms with van der Waals surface area (Å²) >= 11 is 0. The molecule has 1 atom stereocenters. The maximum absolute atomic E-state index is 14.0. The van der Waals surface area contributed by atoms with E-state index in [0.29, 0.717) is 11.6 Å². The van der Waals surface area contributed by atoms with Crippen molar-refractivity contribution in [2.24, 2.45) is 5.73 Å². The van der Waals surface area contributed by atoms with E-state index >= 15 is 0 Å². The lowest BCUT2D eigenvalue weighted by Gasteiger charge is -2.28. The van der Waals surface area contributed by atoms with Gasteiger partial charge >= 0.3 is 0 Å². The number of nitrogens with zero attached hydrogens (tertiary/aromatic N) is 1. The monoisotopic (exact) mass is 250 g/mol. The van der Waals surface area contributed by atoms with Gasteiger partial charge in [-0.25, -0.2) is 4.39 Å². The largest absolute Gasteiger partial charge is 0.368 e. The van der Waals surface area contributed by atoms with Gasteiger partial charge in [0.05, 0.1) is 0 Å². The first-order chi connectivity index (χ1) is 8.65. The third kappa shape index (κ3) is 2.83. The molecule has 2 rings (SSSR count). The van der Waals surface area contributed by atoms with Crippen molar-refractivity contribution in [1.82, 2.24) is 0 Å². The number of hydrogen-bond donors (Lipinski definition) is 1. The molecule has 1 fully saturated rings. The predicted octanol–water partition coefficient (Wildman–Crippen LogP) is 3.61. The van der Waals surface area contributed by atoms with Crippen LogP contribution < -0.4 is 10.6 Å². The standard InChI is InChI=1S/C15H23FN2/c1-3-4-10-18(12-8-9-12)14-7-5-6-13(16)15(14)11(2)17/h5-7,11-12H,3-4,8-10,17H2,1-2H3/t11-/m1/s1. The molecular weight excluding hydrogens is 227 g/mol. The second-order valence-electron chi connectivity index (χ2n) is 5.24. The molecule has 0 spiro atoms. The molecule has 0 saturated heterocycles. The Balaban J connectivity index is 2.31. The summed E-state index contributed by atoms with van der Waals surface area (Å²) in [6, 6.07) is 5.64. The maximum atomic E-state index is 14.0. The zero-order chi connectivity index (χ0) is 13.1. The highest BCUT2D eigenvalue weighted by atomic mass is 19.1. The molecule has 1 aliphatic carbocycles. The summed E-state index contributed by atoms with van der Waals surface area (Å²) in [5, 5.41) is 0. The Bertz CT molecular complexity index is 399. The highest BCUT2D eigenvalue weighted by Crippen LogP contribution is 2.36. The molecule has 3 heteroatoms. The number of anilines is 1. The Morgan fingerprint density at radius 1 is 1.44 bits per heavy atom. The summed E-state index contributed by atoms with van der Waals surface area (Å²) in [4.78, 5) is 2.35. The van der Waals surface area contributed by atoms with E-state index in [1.54, 1.807) is 6.07 Å². The van der Waals surface area contributed by atoms with E-state index in [9.17, 15) is 4.39 Å². The Morgan fingerprint density at radius 3 is 2.72 bits per heavy atom. The molecule has 0 amide bonds. The van der Waals surface area contributed by atoms with Crippen LogP contribution in [0.15, 0.2) is 18.2 Å². The average molecular weight is 250 g/mol. The molecule has 2 N–H and O–H groups in total. The Morgan fingerprint density at radius 2 is 2.17 bits per heavy atom. The zero-order valence-corrected chi connectivity index (χ0v) is 11.3. The summed E-state index contributed by atoms with van der Waals surface area (Å²) in [6.07, 6.45) is 4.74. The van der Waals surface area contributed by atoms with Gasteiger partial charge in [0, 0.05) is 29.9 Å². The van der Waals surface area contributed by atoms with Gasteiger partial charge in [0.1, 0.15) is 5.82 Å². The number of hydrogen-bond acceptors (Lipinski definition) is 2. The smallest absolute Gasteiger partial charge is 0.130 e. The van der Waals surface area contributed by atoms with Gasteiger partial charge in [0.15, 0.2) is 0 Å². The summed E-state index contributed by atoms with van der Waals surface area (Å²) < 4.78 is 14.0. The topological polar surface area (TPSA) is 29.3 Å². The van der Waals surface area contributed by atoms with Crippen molar-refractivity contribution in [2.75, 3.05) is 11.4 Å². The van der Waals surface area contributed by atoms with E-state index in [2.05, 4.69) is 11.8 Å². The highest BCUT2D eigenvalue weighted by molar-refractivity contribution is 5.57. The van der Waals surface area contributed by atoms with Crippen molar-refractivity contribution in [3.05, 3.63) is 29.6 Å². The van der Waals surface area contributed by atoms with E-state index in [1.807, 2.05) is 13.0 Å². The van der Waals surface area contributed by atoms with Crippen molar-refractivity contribution in [3.8, 4) is 0 Å². The molecule has 1 aliphatic rings. The lowest BCUT2D eigenvalue weighted by molar-refractivity contribution is 0.589. The highest BCUT2D eigenvalue weighted by Gasteiger charge is 2.31. The summed E-state index contributed by atoms with van der Waals surface area (Å²) in [6.45, 7) is 5.04. The molecule has 2 nitrogen and oxygen atoms in total. The van der Waals surface area contributed by atoms with E-state index in [0.717, 1.165) is 25.1 Å². The van der Waals surface area contributed by atoms with Crippen molar-refractivity contribution in [1.29, 1.82) is 0 Å². The normalized spacial score (nSPS) is 16.7. The van der Waals surface area contributed by atoms with Crippen LogP contribution in [0.5, 0.6) is 0 Å². The first-order valence-electron chi connectivity index (χ1n) is 6.95. The number of unbranched alkanes of at least 4 members (excludes halogenated alkanes) is 1. The molecule has 18 heavy (non-hydrogen) atoms. The van der Waals surface area contributed by atoms with Crippen molar-refractivity contribution in [3.63, 3.8) is 0 Å². The molecule has 0 heterocycles. The van der Waals surface area contributed by atoms with Crippen LogP contribution in [0.2, 0.25) is 0 Å². The molecular formula is C15H23FN2. The minimum absolute atomic E-state index is 0.176. The lowest BCUT2D eigenvalue weighted by Crippen LogP contribution is -2.29. The number of rotatable bonds is 6. The van der Waals surface area contributed by atoms with Crippen LogP contribution in [0.25, 0.3) is 0 Å². The van der Waals surface area contributed by atoms with Gasteiger partial charge in [0.2, 0.25) is 0 Å². The van der Waals surface area contributed by atoms with Crippen molar-refractivity contribution < 1.29 is 4.39 Å². The summed E-state index contributed by atoms with van der Waals surface area (Å²) in [7, 11) is 0. The molecule has 1 aromatic carbocycles. The van der Waals surface area contributed by atoms with Crippen LogP contribution in [0, 0.1) is 5.82 Å². The van der Waals surface area contributed by atoms with E-state index in [1.165, 1.54) is 18.9 Å². The molecule has 0 aromatic heterocycles. The second kappa shape index (κ2) is 5.70.